The van der Waals surface area contributed by atoms with E-state index in [1.54, 1.807) is 0 Å². The van der Waals surface area contributed by atoms with Gasteiger partial charge in [0.25, 0.3) is 0 Å². The van der Waals surface area contributed by atoms with Gasteiger partial charge in [-0.2, -0.15) is 0 Å². The van der Waals surface area contributed by atoms with E-state index in [1.807, 2.05) is 32.0 Å². The normalized spacial score (nSPS) is 12.4. The molecule has 0 aromatic heterocycles. The molecule has 1 atom stereocenters. The molecule has 2 aromatic rings. The van der Waals surface area contributed by atoms with E-state index < -0.39 is 0 Å². The lowest BCUT2D eigenvalue weighted by Gasteiger charge is -2.18. The zero-order chi connectivity index (χ0) is 16.7. The molecule has 0 heterocycles. The second kappa shape index (κ2) is 8.95. The smallest absolute Gasteiger partial charge is 0.124 e. The van der Waals surface area contributed by atoms with Crippen LogP contribution in [0.5, 0.6) is 5.75 Å². The number of aryl methyl sites for hydroxylation is 1. The fourth-order valence-electron chi connectivity index (χ4n) is 2.47. The van der Waals surface area contributed by atoms with Crippen LogP contribution in [0.25, 0.3) is 0 Å². The maximum absolute atomic E-state index is 6.13. The summed E-state index contributed by atoms with van der Waals surface area (Å²) in [5.74, 6) is 0.909. The fraction of sp³-hybridized carbons (Fsp3) is 0.400. The minimum absolute atomic E-state index is 0.158. The first-order valence-electron chi connectivity index (χ1n) is 8.27. The molecule has 2 rings (SSSR count). The van der Waals surface area contributed by atoms with Crippen molar-refractivity contribution < 1.29 is 4.74 Å². The summed E-state index contributed by atoms with van der Waals surface area (Å²) in [4.78, 5) is 0. The predicted octanol–water partition coefficient (Wildman–Crippen LogP) is 5.24. The summed E-state index contributed by atoms with van der Waals surface area (Å²) in [5, 5.41) is 4.32. The first-order valence-corrected chi connectivity index (χ1v) is 8.65. The Morgan fingerprint density at radius 2 is 1.78 bits per heavy atom. The number of rotatable bonds is 8. The Balaban J connectivity index is 1.88. The lowest BCUT2D eigenvalue weighted by molar-refractivity contribution is 0.239. The molecule has 0 aliphatic carbocycles. The molecule has 124 valence electrons. The third-order valence-corrected chi connectivity index (χ3v) is 3.97. The maximum Gasteiger partial charge on any atom is 0.124 e. The lowest BCUT2D eigenvalue weighted by atomic mass is 10.1. The Labute approximate surface area is 144 Å². The van der Waals surface area contributed by atoms with Crippen LogP contribution < -0.4 is 10.1 Å². The summed E-state index contributed by atoms with van der Waals surface area (Å²) in [6, 6.07) is 16.8. The molecule has 0 amide bonds. The molecule has 3 heteroatoms. The molecule has 0 spiro atoms. The van der Waals surface area contributed by atoms with Crippen molar-refractivity contribution >= 4 is 11.6 Å². The van der Waals surface area contributed by atoms with Gasteiger partial charge in [-0.05, 0) is 57.4 Å². The predicted molar refractivity (Wildman–Crippen MR) is 98.3 cm³/mol. The standard InChI is InChI=1S/C20H26ClNO/c1-15(2)23-20-12-11-19(21)13-18(20)14-22-16(3)9-10-17-7-5-4-6-8-17/h4-8,11-13,15-16,22H,9-10,14H2,1-3H3. The number of hydrogen-bond donors (Lipinski definition) is 1. The van der Waals surface area contributed by atoms with Crippen molar-refractivity contribution in [3.05, 3.63) is 64.7 Å². The molecule has 1 unspecified atom stereocenters. The van der Waals surface area contributed by atoms with E-state index in [0.717, 1.165) is 35.7 Å². The summed E-state index contributed by atoms with van der Waals surface area (Å²) in [6.45, 7) is 7.05. The minimum atomic E-state index is 0.158. The van der Waals surface area contributed by atoms with E-state index in [-0.39, 0.29) is 6.10 Å². The highest BCUT2D eigenvalue weighted by molar-refractivity contribution is 6.30. The summed E-state index contributed by atoms with van der Waals surface area (Å²) >= 11 is 6.13. The van der Waals surface area contributed by atoms with Crippen molar-refractivity contribution in [2.45, 2.75) is 52.3 Å². The second-order valence-corrected chi connectivity index (χ2v) is 6.66. The topological polar surface area (TPSA) is 21.3 Å². The van der Waals surface area contributed by atoms with Gasteiger partial charge in [0.2, 0.25) is 0 Å². The average Bonchev–Trinajstić information content (AvgIpc) is 2.53. The third-order valence-electron chi connectivity index (χ3n) is 3.74. The van der Waals surface area contributed by atoms with Crippen molar-refractivity contribution in [2.75, 3.05) is 0 Å². The van der Waals surface area contributed by atoms with Crippen LogP contribution in [-0.4, -0.2) is 12.1 Å². The van der Waals surface area contributed by atoms with Crippen LogP contribution in [0, 0.1) is 0 Å². The van der Waals surface area contributed by atoms with Gasteiger partial charge >= 0.3 is 0 Å². The number of hydrogen-bond acceptors (Lipinski definition) is 2. The van der Waals surface area contributed by atoms with Crippen molar-refractivity contribution in [1.82, 2.24) is 5.32 Å². The molecule has 2 aromatic carbocycles. The van der Waals surface area contributed by atoms with E-state index in [9.17, 15) is 0 Å². The van der Waals surface area contributed by atoms with Crippen LogP contribution in [0.4, 0.5) is 0 Å². The number of halogens is 1. The molecule has 2 nitrogen and oxygen atoms in total. The fourth-order valence-corrected chi connectivity index (χ4v) is 2.66. The van der Waals surface area contributed by atoms with Gasteiger partial charge < -0.3 is 10.1 Å². The number of nitrogens with one attached hydrogen (secondary N) is 1. The first kappa shape index (κ1) is 17.8. The zero-order valence-electron chi connectivity index (χ0n) is 14.2. The van der Waals surface area contributed by atoms with Gasteiger partial charge in [-0.3, -0.25) is 0 Å². The maximum atomic E-state index is 6.13. The summed E-state index contributed by atoms with van der Waals surface area (Å²) in [6.07, 6.45) is 2.34. The quantitative estimate of drug-likeness (QED) is 0.714. The molecule has 0 saturated heterocycles. The van der Waals surface area contributed by atoms with Crippen molar-refractivity contribution in [2.24, 2.45) is 0 Å². The Morgan fingerprint density at radius 1 is 1.04 bits per heavy atom. The van der Waals surface area contributed by atoms with Gasteiger partial charge in [-0.25, -0.2) is 0 Å². The molecule has 0 radical (unpaired) electrons. The van der Waals surface area contributed by atoms with E-state index >= 15 is 0 Å². The highest BCUT2D eigenvalue weighted by Gasteiger charge is 2.09. The Kier molecular flexibility index (Phi) is 6.94. The van der Waals surface area contributed by atoms with Gasteiger partial charge in [0.1, 0.15) is 5.75 Å². The number of benzene rings is 2. The van der Waals surface area contributed by atoms with Gasteiger partial charge in [-0.15, -0.1) is 0 Å². The van der Waals surface area contributed by atoms with Crippen LogP contribution >= 0.6 is 11.6 Å². The summed E-state index contributed by atoms with van der Waals surface area (Å²) in [7, 11) is 0. The van der Waals surface area contributed by atoms with Gasteiger partial charge in [0.05, 0.1) is 6.10 Å². The molecule has 1 N–H and O–H groups in total. The van der Waals surface area contributed by atoms with E-state index in [4.69, 9.17) is 16.3 Å². The summed E-state index contributed by atoms with van der Waals surface area (Å²) < 4.78 is 5.86. The molecular formula is C20H26ClNO. The highest BCUT2D eigenvalue weighted by atomic mass is 35.5. The Morgan fingerprint density at radius 3 is 2.48 bits per heavy atom. The first-order chi connectivity index (χ1) is 11.0. The molecule has 23 heavy (non-hydrogen) atoms. The molecule has 0 fully saturated rings. The monoisotopic (exact) mass is 331 g/mol. The molecular weight excluding hydrogens is 306 g/mol. The average molecular weight is 332 g/mol. The third kappa shape index (κ3) is 6.25. The van der Waals surface area contributed by atoms with E-state index in [1.165, 1.54) is 5.56 Å². The molecule has 0 bridgehead atoms. The van der Waals surface area contributed by atoms with E-state index in [0.29, 0.717) is 6.04 Å². The highest BCUT2D eigenvalue weighted by Crippen LogP contribution is 2.24. The Bertz CT molecular complexity index is 598. The zero-order valence-corrected chi connectivity index (χ0v) is 14.9. The van der Waals surface area contributed by atoms with Crippen LogP contribution in [-0.2, 0) is 13.0 Å². The SMILES string of the molecule is CC(CCc1ccccc1)NCc1cc(Cl)ccc1OC(C)C. The van der Waals surface area contributed by atoms with Crippen molar-refractivity contribution in [3.8, 4) is 5.75 Å². The van der Waals surface area contributed by atoms with E-state index in [2.05, 4.69) is 42.6 Å². The van der Waals surface area contributed by atoms with Crippen molar-refractivity contribution in [1.29, 1.82) is 0 Å². The van der Waals surface area contributed by atoms with Crippen molar-refractivity contribution in [3.63, 3.8) is 0 Å². The lowest BCUT2D eigenvalue weighted by Crippen LogP contribution is -2.26. The molecule has 0 aliphatic rings. The molecule has 0 saturated carbocycles. The van der Waals surface area contributed by atoms with Gasteiger partial charge in [0.15, 0.2) is 0 Å². The second-order valence-electron chi connectivity index (χ2n) is 6.22. The summed E-state index contributed by atoms with van der Waals surface area (Å²) in [5.41, 5.74) is 2.49. The number of ether oxygens (including phenoxy) is 1. The largest absolute Gasteiger partial charge is 0.491 e. The van der Waals surface area contributed by atoms with Crippen LogP contribution in [0.2, 0.25) is 5.02 Å². The minimum Gasteiger partial charge on any atom is -0.491 e. The van der Waals surface area contributed by atoms with Gasteiger partial charge in [0, 0.05) is 23.2 Å². The Hall–Kier alpha value is -1.51. The van der Waals surface area contributed by atoms with Gasteiger partial charge in [-0.1, -0.05) is 41.9 Å². The molecule has 0 aliphatic heterocycles. The van der Waals surface area contributed by atoms with Crippen LogP contribution in [0.1, 0.15) is 38.3 Å². The van der Waals surface area contributed by atoms with Crippen LogP contribution in [0.15, 0.2) is 48.5 Å². The van der Waals surface area contributed by atoms with Crippen LogP contribution in [0.3, 0.4) is 0 Å².